The Bertz CT molecular complexity index is 667. The van der Waals surface area contributed by atoms with Crippen molar-refractivity contribution in [3.8, 4) is 0 Å². The molecule has 0 aliphatic carbocycles. The summed E-state index contributed by atoms with van der Waals surface area (Å²) in [6.07, 6.45) is 0. The molecule has 0 amide bonds. The molecule has 0 heterocycles. The second-order valence-corrected chi connectivity index (χ2v) is 5.06. The van der Waals surface area contributed by atoms with Crippen molar-refractivity contribution in [3.05, 3.63) is 69.7 Å². The molecule has 0 fully saturated rings. The van der Waals surface area contributed by atoms with Gasteiger partial charge in [0.05, 0.1) is 18.2 Å². The van der Waals surface area contributed by atoms with Gasteiger partial charge in [0, 0.05) is 10.0 Å². The van der Waals surface area contributed by atoms with Crippen molar-refractivity contribution in [1.29, 1.82) is 0 Å². The lowest BCUT2D eigenvalue weighted by Gasteiger charge is -2.09. The summed E-state index contributed by atoms with van der Waals surface area (Å²) < 4.78 is 10.8. The van der Waals surface area contributed by atoms with Crippen LogP contribution in [0.4, 0.5) is 0 Å². The number of hydrogen-bond acceptors (Lipinski definition) is 4. The van der Waals surface area contributed by atoms with Crippen molar-refractivity contribution >= 4 is 27.9 Å². The molecule has 0 saturated heterocycles. The maximum Gasteiger partial charge on any atom is 0.339 e. The summed E-state index contributed by atoms with van der Waals surface area (Å²) in [5.41, 5.74) is 1.23. The van der Waals surface area contributed by atoms with Gasteiger partial charge in [-0.05, 0) is 18.2 Å². The Balaban J connectivity index is 2.14. The molecular formula is C16H13BrO4. The molecule has 0 radical (unpaired) electrons. The second-order valence-electron chi connectivity index (χ2n) is 4.20. The van der Waals surface area contributed by atoms with E-state index < -0.39 is 11.9 Å². The standard InChI is InChI=1S/C16H13BrO4/c1-20-15(18)12-7-3-4-8-13(12)16(19)21-10-11-6-2-5-9-14(11)17/h2-9H,10H2,1H3. The molecule has 0 aromatic heterocycles. The van der Waals surface area contributed by atoms with Gasteiger partial charge < -0.3 is 9.47 Å². The molecule has 0 aliphatic heterocycles. The van der Waals surface area contributed by atoms with Crippen molar-refractivity contribution in [2.75, 3.05) is 7.11 Å². The second kappa shape index (κ2) is 7.04. The first-order valence-corrected chi connectivity index (χ1v) is 7.00. The van der Waals surface area contributed by atoms with Crippen LogP contribution in [0.25, 0.3) is 0 Å². The van der Waals surface area contributed by atoms with E-state index in [1.54, 1.807) is 12.1 Å². The molecule has 108 valence electrons. The molecule has 0 atom stereocenters. The van der Waals surface area contributed by atoms with E-state index in [9.17, 15) is 9.59 Å². The summed E-state index contributed by atoms with van der Waals surface area (Å²) >= 11 is 3.39. The van der Waals surface area contributed by atoms with Crippen molar-refractivity contribution in [1.82, 2.24) is 0 Å². The monoisotopic (exact) mass is 348 g/mol. The van der Waals surface area contributed by atoms with Crippen LogP contribution >= 0.6 is 15.9 Å². The van der Waals surface area contributed by atoms with Gasteiger partial charge in [0.15, 0.2) is 0 Å². The topological polar surface area (TPSA) is 52.6 Å². The molecule has 21 heavy (non-hydrogen) atoms. The molecule has 2 rings (SSSR count). The lowest BCUT2D eigenvalue weighted by atomic mass is 10.1. The predicted octanol–water partition coefficient (Wildman–Crippen LogP) is 3.59. The zero-order chi connectivity index (χ0) is 15.2. The predicted molar refractivity (Wildman–Crippen MR) is 81.0 cm³/mol. The fourth-order valence-corrected chi connectivity index (χ4v) is 2.18. The SMILES string of the molecule is COC(=O)c1ccccc1C(=O)OCc1ccccc1Br. The number of ether oxygens (including phenoxy) is 2. The van der Waals surface area contributed by atoms with Crippen LogP contribution < -0.4 is 0 Å². The average Bonchev–Trinajstić information content (AvgIpc) is 2.53. The van der Waals surface area contributed by atoms with Gasteiger partial charge in [-0.3, -0.25) is 0 Å². The highest BCUT2D eigenvalue weighted by atomic mass is 79.9. The molecule has 2 aromatic rings. The van der Waals surface area contributed by atoms with Crippen molar-refractivity contribution in [2.45, 2.75) is 6.61 Å². The fraction of sp³-hybridized carbons (Fsp3) is 0.125. The molecule has 0 bridgehead atoms. The highest BCUT2D eigenvalue weighted by Gasteiger charge is 2.18. The smallest absolute Gasteiger partial charge is 0.339 e. The van der Waals surface area contributed by atoms with E-state index in [1.807, 2.05) is 24.3 Å². The van der Waals surface area contributed by atoms with Crippen molar-refractivity contribution in [3.63, 3.8) is 0 Å². The first-order chi connectivity index (χ1) is 10.1. The quantitative estimate of drug-likeness (QED) is 0.792. The molecule has 0 aliphatic rings. The number of rotatable bonds is 4. The summed E-state index contributed by atoms with van der Waals surface area (Å²) in [4.78, 5) is 23.8. The third kappa shape index (κ3) is 3.70. The van der Waals surface area contributed by atoms with Gasteiger partial charge in [-0.25, -0.2) is 9.59 Å². The Morgan fingerprint density at radius 1 is 0.952 bits per heavy atom. The van der Waals surface area contributed by atoms with E-state index in [1.165, 1.54) is 19.2 Å². The molecule has 4 nitrogen and oxygen atoms in total. The van der Waals surface area contributed by atoms with E-state index in [2.05, 4.69) is 20.7 Å². The minimum atomic E-state index is -0.566. The zero-order valence-electron chi connectivity index (χ0n) is 11.3. The number of carbonyl (C=O) groups is 2. The van der Waals surface area contributed by atoms with Crippen molar-refractivity contribution < 1.29 is 19.1 Å². The van der Waals surface area contributed by atoms with Crippen LogP contribution in [0.1, 0.15) is 26.3 Å². The minimum Gasteiger partial charge on any atom is -0.465 e. The van der Waals surface area contributed by atoms with E-state index >= 15 is 0 Å². The maximum absolute atomic E-state index is 12.1. The Morgan fingerprint density at radius 3 is 2.14 bits per heavy atom. The van der Waals surface area contributed by atoms with E-state index in [4.69, 9.17) is 4.74 Å². The molecule has 0 saturated carbocycles. The molecule has 0 spiro atoms. The Labute approximate surface area is 130 Å². The number of benzene rings is 2. The average molecular weight is 349 g/mol. The summed E-state index contributed by atoms with van der Waals surface area (Å²) in [6.45, 7) is 0.121. The third-order valence-corrected chi connectivity index (χ3v) is 3.64. The molecule has 5 heteroatoms. The van der Waals surface area contributed by atoms with Gasteiger partial charge in [0.2, 0.25) is 0 Å². The van der Waals surface area contributed by atoms with Crippen LogP contribution in [0.5, 0.6) is 0 Å². The highest BCUT2D eigenvalue weighted by Crippen LogP contribution is 2.18. The summed E-state index contributed by atoms with van der Waals surface area (Å²) in [5, 5.41) is 0. The highest BCUT2D eigenvalue weighted by molar-refractivity contribution is 9.10. The van der Waals surface area contributed by atoms with E-state index in [0.717, 1.165) is 10.0 Å². The number of carbonyl (C=O) groups excluding carboxylic acids is 2. The molecule has 0 N–H and O–H groups in total. The normalized spacial score (nSPS) is 10.0. The van der Waals surface area contributed by atoms with Gasteiger partial charge in [-0.1, -0.05) is 46.3 Å². The van der Waals surface area contributed by atoms with Crippen LogP contribution in [0, 0.1) is 0 Å². The van der Waals surface area contributed by atoms with Crippen LogP contribution in [0.15, 0.2) is 53.0 Å². The Morgan fingerprint density at radius 2 is 1.52 bits per heavy atom. The Hall–Kier alpha value is -2.14. The molecule has 0 unspecified atom stereocenters. The summed E-state index contributed by atoms with van der Waals surface area (Å²) in [6, 6.07) is 13.8. The largest absolute Gasteiger partial charge is 0.465 e. The van der Waals surface area contributed by atoms with Gasteiger partial charge in [-0.2, -0.15) is 0 Å². The first-order valence-electron chi connectivity index (χ1n) is 6.21. The lowest BCUT2D eigenvalue weighted by Crippen LogP contribution is -2.13. The van der Waals surface area contributed by atoms with Gasteiger partial charge in [0.1, 0.15) is 6.61 Å². The first kappa shape index (κ1) is 15.3. The Kier molecular flexibility index (Phi) is 5.11. The van der Waals surface area contributed by atoms with Crippen LogP contribution in [-0.2, 0) is 16.1 Å². The van der Waals surface area contributed by atoms with Gasteiger partial charge in [0.25, 0.3) is 0 Å². The van der Waals surface area contributed by atoms with E-state index in [-0.39, 0.29) is 17.7 Å². The van der Waals surface area contributed by atoms with Gasteiger partial charge >= 0.3 is 11.9 Å². The van der Waals surface area contributed by atoms with Crippen LogP contribution in [-0.4, -0.2) is 19.0 Å². The minimum absolute atomic E-state index is 0.121. The van der Waals surface area contributed by atoms with Crippen LogP contribution in [0.3, 0.4) is 0 Å². The number of esters is 2. The fourth-order valence-electron chi connectivity index (χ4n) is 1.79. The molecule has 2 aromatic carbocycles. The number of methoxy groups -OCH3 is 1. The summed E-state index contributed by atoms with van der Waals surface area (Å²) in [7, 11) is 1.27. The maximum atomic E-state index is 12.1. The lowest BCUT2D eigenvalue weighted by molar-refractivity contribution is 0.0457. The zero-order valence-corrected chi connectivity index (χ0v) is 12.9. The third-order valence-electron chi connectivity index (χ3n) is 2.87. The summed E-state index contributed by atoms with van der Waals surface area (Å²) in [5.74, 6) is -1.13. The van der Waals surface area contributed by atoms with E-state index in [0.29, 0.717) is 0 Å². The number of halogens is 1. The van der Waals surface area contributed by atoms with Gasteiger partial charge in [-0.15, -0.1) is 0 Å². The number of hydrogen-bond donors (Lipinski definition) is 0. The van der Waals surface area contributed by atoms with Crippen molar-refractivity contribution in [2.24, 2.45) is 0 Å². The van der Waals surface area contributed by atoms with Crippen LogP contribution in [0.2, 0.25) is 0 Å². The molecular weight excluding hydrogens is 336 g/mol.